The first kappa shape index (κ1) is 15.1. The van der Waals surface area contributed by atoms with Gasteiger partial charge in [-0.25, -0.2) is 8.78 Å². The van der Waals surface area contributed by atoms with Gasteiger partial charge < -0.3 is 9.88 Å². The van der Waals surface area contributed by atoms with Crippen molar-refractivity contribution in [2.45, 2.75) is 6.54 Å². The van der Waals surface area contributed by atoms with Gasteiger partial charge in [0.2, 0.25) is 0 Å². The van der Waals surface area contributed by atoms with E-state index in [4.69, 9.17) is 0 Å². The minimum absolute atomic E-state index is 0.259. The Morgan fingerprint density at radius 3 is 2.71 bits per heavy atom. The van der Waals surface area contributed by atoms with Crippen molar-refractivity contribution in [2.24, 2.45) is 0 Å². The Labute approximate surface area is 145 Å². The molecule has 0 fully saturated rings. The number of fused-ring (bicyclic) bond motifs is 2. The van der Waals surface area contributed by atoms with Gasteiger partial charge in [-0.3, -0.25) is 4.79 Å². The highest BCUT2D eigenvalue weighted by Crippen LogP contribution is 2.30. The fourth-order valence-corrected chi connectivity index (χ4v) is 3.30. The number of hydrogen-bond acceptors (Lipinski definition) is 1. The number of benzene rings is 2. The molecule has 2 aromatic carbocycles. The molecule has 0 spiro atoms. The molecule has 0 aliphatic carbocycles. The Hall–Kier alpha value is -2.47. The van der Waals surface area contributed by atoms with Crippen molar-refractivity contribution < 1.29 is 13.6 Å². The fraction of sp³-hybridized carbons (Fsp3) is 0.0556. The maximum absolute atomic E-state index is 14.0. The Morgan fingerprint density at radius 2 is 1.92 bits per heavy atom. The number of carbonyl (C=O) groups excluding carboxylic acids is 1. The van der Waals surface area contributed by atoms with E-state index in [0.29, 0.717) is 17.8 Å². The molecule has 24 heavy (non-hydrogen) atoms. The van der Waals surface area contributed by atoms with E-state index in [1.807, 2.05) is 18.2 Å². The third-order valence-corrected chi connectivity index (χ3v) is 4.52. The van der Waals surface area contributed by atoms with E-state index in [0.717, 1.165) is 21.8 Å². The second kappa shape index (κ2) is 5.56. The molecule has 6 heteroatoms. The summed E-state index contributed by atoms with van der Waals surface area (Å²) in [5.41, 5.74) is 2.93. The Kier molecular flexibility index (Phi) is 3.49. The van der Waals surface area contributed by atoms with Crippen LogP contribution in [0.1, 0.15) is 16.1 Å². The van der Waals surface area contributed by atoms with E-state index in [-0.39, 0.29) is 11.5 Å². The van der Waals surface area contributed by atoms with Crippen LogP contribution in [0.4, 0.5) is 14.5 Å². The molecule has 0 bridgehead atoms. The number of hydrogen-bond donors (Lipinski definition) is 1. The normalized spacial score (nSPS) is 13.0. The number of nitrogens with one attached hydrogen (secondary N) is 1. The standard InChI is InChI=1S/C18H11BrF2N2O/c19-12-1-4-16-11(5-12)9-23-8-10(6-17(23)18(24)22-16)14-3-2-13(20)7-15(14)21/h1-8H,9H2,(H,22,24). The number of aromatic nitrogens is 1. The van der Waals surface area contributed by atoms with Gasteiger partial charge in [-0.2, -0.15) is 0 Å². The summed E-state index contributed by atoms with van der Waals surface area (Å²) in [6.45, 7) is 0.478. The SMILES string of the molecule is O=C1Nc2ccc(Br)cc2Cn2cc(-c3ccc(F)cc3F)cc21. The molecule has 1 N–H and O–H groups in total. The predicted molar refractivity (Wildman–Crippen MR) is 91.0 cm³/mol. The molecule has 0 radical (unpaired) electrons. The Balaban J connectivity index is 1.82. The van der Waals surface area contributed by atoms with Gasteiger partial charge in [0, 0.05) is 40.1 Å². The molecule has 120 valence electrons. The van der Waals surface area contributed by atoms with Crippen molar-refractivity contribution in [3.63, 3.8) is 0 Å². The summed E-state index contributed by atoms with van der Waals surface area (Å²) in [5.74, 6) is -1.54. The van der Waals surface area contributed by atoms with Gasteiger partial charge in [-0.1, -0.05) is 15.9 Å². The van der Waals surface area contributed by atoms with Crippen molar-refractivity contribution in [2.75, 3.05) is 5.32 Å². The van der Waals surface area contributed by atoms with Gasteiger partial charge in [0.05, 0.1) is 0 Å². The van der Waals surface area contributed by atoms with E-state index in [2.05, 4.69) is 21.2 Å². The van der Waals surface area contributed by atoms with Gasteiger partial charge in [0.25, 0.3) is 5.91 Å². The van der Waals surface area contributed by atoms with Crippen LogP contribution in [0.25, 0.3) is 11.1 Å². The van der Waals surface area contributed by atoms with Gasteiger partial charge in [-0.05, 0) is 42.0 Å². The zero-order chi connectivity index (χ0) is 16.8. The molecule has 0 saturated carbocycles. The molecule has 1 aromatic heterocycles. The van der Waals surface area contributed by atoms with E-state index in [9.17, 15) is 13.6 Å². The minimum atomic E-state index is -0.653. The number of amides is 1. The second-order valence-electron chi connectivity index (χ2n) is 5.62. The quantitative estimate of drug-likeness (QED) is 0.637. The first-order chi connectivity index (χ1) is 11.5. The maximum Gasteiger partial charge on any atom is 0.272 e. The average molecular weight is 389 g/mol. The Morgan fingerprint density at radius 1 is 1.08 bits per heavy atom. The summed E-state index contributed by atoms with van der Waals surface area (Å²) in [4.78, 5) is 12.4. The van der Waals surface area contributed by atoms with Crippen LogP contribution in [-0.4, -0.2) is 10.5 Å². The van der Waals surface area contributed by atoms with E-state index < -0.39 is 11.6 Å². The number of carbonyl (C=O) groups is 1. The minimum Gasteiger partial charge on any atom is -0.338 e. The third kappa shape index (κ3) is 2.53. The highest BCUT2D eigenvalue weighted by atomic mass is 79.9. The lowest BCUT2D eigenvalue weighted by molar-refractivity contribution is 0.102. The van der Waals surface area contributed by atoms with Crippen molar-refractivity contribution >= 4 is 27.5 Å². The smallest absolute Gasteiger partial charge is 0.272 e. The zero-order valence-electron chi connectivity index (χ0n) is 12.3. The summed E-state index contributed by atoms with van der Waals surface area (Å²) >= 11 is 3.42. The lowest BCUT2D eigenvalue weighted by Gasteiger charge is -2.07. The highest BCUT2D eigenvalue weighted by molar-refractivity contribution is 9.10. The summed E-state index contributed by atoms with van der Waals surface area (Å²) in [7, 11) is 0. The fourth-order valence-electron chi connectivity index (χ4n) is 2.89. The molecule has 1 aliphatic heterocycles. The van der Waals surface area contributed by atoms with Crippen LogP contribution in [0, 0.1) is 11.6 Å². The van der Waals surface area contributed by atoms with Gasteiger partial charge >= 0.3 is 0 Å². The second-order valence-corrected chi connectivity index (χ2v) is 6.54. The van der Waals surface area contributed by atoms with E-state index >= 15 is 0 Å². The Bertz CT molecular complexity index is 981. The van der Waals surface area contributed by atoms with E-state index in [1.165, 1.54) is 12.1 Å². The maximum atomic E-state index is 14.0. The van der Waals surface area contributed by atoms with Crippen LogP contribution in [0.15, 0.2) is 53.1 Å². The van der Waals surface area contributed by atoms with Crippen molar-refractivity contribution in [1.82, 2.24) is 4.57 Å². The topological polar surface area (TPSA) is 34.0 Å². The summed E-state index contributed by atoms with van der Waals surface area (Å²) in [6.07, 6.45) is 1.71. The number of nitrogens with zero attached hydrogens (tertiary/aromatic N) is 1. The van der Waals surface area contributed by atoms with Crippen LogP contribution in [-0.2, 0) is 6.54 Å². The molecule has 4 rings (SSSR count). The van der Waals surface area contributed by atoms with Crippen molar-refractivity contribution in [3.05, 3.63) is 76.0 Å². The average Bonchev–Trinajstić information content (AvgIpc) is 2.88. The molecule has 0 saturated heterocycles. The first-order valence-electron chi connectivity index (χ1n) is 7.26. The molecule has 1 aliphatic rings. The van der Waals surface area contributed by atoms with Crippen LogP contribution in [0.3, 0.4) is 0 Å². The number of halogens is 3. The molecule has 2 heterocycles. The largest absolute Gasteiger partial charge is 0.338 e. The lowest BCUT2D eigenvalue weighted by Crippen LogP contribution is -2.12. The molecule has 0 atom stereocenters. The highest BCUT2D eigenvalue weighted by Gasteiger charge is 2.21. The van der Waals surface area contributed by atoms with Gasteiger partial charge in [0.1, 0.15) is 17.3 Å². The van der Waals surface area contributed by atoms with Crippen molar-refractivity contribution in [3.8, 4) is 11.1 Å². The number of anilines is 1. The van der Waals surface area contributed by atoms with Crippen LogP contribution in [0.5, 0.6) is 0 Å². The first-order valence-corrected chi connectivity index (χ1v) is 8.06. The third-order valence-electron chi connectivity index (χ3n) is 4.03. The molecular formula is C18H11BrF2N2O. The van der Waals surface area contributed by atoms with Crippen LogP contribution >= 0.6 is 15.9 Å². The van der Waals surface area contributed by atoms with E-state index in [1.54, 1.807) is 16.8 Å². The number of rotatable bonds is 1. The summed E-state index contributed by atoms with van der Waals surface area (Å²) < 4.78 is 29.8. The molecule has 3 nitrogen and oxygen atoms in total. The lowest BCUT2D eigenvalue weighted by atomic mass is 10.1. The molecular weight excluding hydrogens is 378 g/mol. The molecule has 3 aromatic rings. The van der Waals surface area contributed by atoms with Crippen LogP contribution in [0.2, 0.25) is 0 Å². The summed E-state index contributed by atoms with van der Waals surface area (Å²) in [5, 5.41) is 2.86. The predicted octanol–water partition coefficient (Wildman–Crippen LogP) is 4.81. The monoisotopic (exact) mass is 388 g/mol. The van der Waals surface area contributed by atoms with Gasteiger partial charge in [-0.15, -0.1) is 0 Å². The zero-order valence-corrected chi connectivity index (χ0v) is 13.9. The van der Waals surface area contributed by atoms with Crippen molar-refractivity contribution in [1.29, 1.82) is 0 Å². The van der Waals surface area contributed by atoms with Gasteiger partial charge in [0.15, 0.2) is 0 Å². The molecule has 0 unspecified atom stereocenters. The molecule has 1 amide bonds. The summed E-state index contributed by atoms with van der Waals surface area (Å²) in [6, 6.07) is 10.7. The van der Waals surface area contributed by atoms with Crippen LogP contribution < -0.4 is 5.32 Å².